The molecule has 0 aliphatic carbocycles. The van der Waals surface area contributed by atoms with Crippen molar-refractivity contribution >= 4 is 11.5 Å². The molecule has 3 aromatic heterocycles. The minimum atomic E-state index is 0.682. The molecule has 0 spiro atoms. The third-order valence-electron chi connectivity index (χ3n) is 4.37. The lowest BCUT2D eigenvalue weighted by Crippen LogP contribution is -2.03. The van der Waals surface area contributed by atoms with Crippen LogP contribution < -0.4 is 5.32 Å². The predicted molar refractivity (Wildman–Crippen MR) is 105 cm³/mol. The quantitative estimate of drug-likeness (QED) is 0.587. The highest BCUT2D eigenvalue weighted by atomic mass is 15.0. The molecular weight excluding hydrogens is 336 g/mol. The van der Waals surface area contributed by atoms with Crippen molar-refractivity contribution in [2.45, 2.75) is 13.8 Å². The van der Waals surface area contributed by atoms with Crippen LogP contribution in [0, 0.1) is 13.8 Å². The van der Waals surface area contributed by atoms with Crippen LogP contribution in [0.1, 0.15) is 11.3 Å². The van der Waals surface area contributed by atoms with E-state index in [0.29, 0.717) is 5.82 Å². The van der Waals surface area contributed by atoms with Crippen LogP contribution in [0.2, 0.25) is 0 Å². The summed E-state index contributed by atoms with van der Waals surface area (Å²) in [6.07, 6.45) is 8.61. The topological polar surface area (TPSA) is 76.5 Å². The third-order valence-corrected chi connectivity index (χ3v) is 4.37. The van der Waals surface area contributed by atoms with Crippen molar-refractivity contribution in [3.05, 3.63) is 78.8 Å². The summed E-state index contributed by atoms with van der Waals surface area (Å²) in [4.78, 5) is 21.5. The van der Waals surface area contributed by atoms with Crippen LogP contribution >= 0.6 is 0 Å². The van der Waals surface area contributed by atoms with Gasteiger partial charge in [-0.3, -0.25) is 4.98 Å². The normalized spacial score (nSPS) is 10.6. The van der Waals surface area contributed by atoms with Crippen LogP contribution in [0.5, 0.6) is 0 Å². The van der Waals surface area contributed by atoms with Crippen LogP contribution in [-0.2, 0) is 0 Å². The fourth-order valence-electron chi connectivity index (χ4n) is 2.71. The molecule has 132 valence electrons. The Bertz CT molecular complexity index is 1050. The van der Waals surface area contributed by atoms with Gasteiger partial charge in [-0.2, -0.15) is 0 Å². The lowest BCUT2D eigenvalue weighted by atomic mass is 10.1. The maximum Gasteiger partial charge on any atom is 0.161 e. The van der Waals surface area contributed by atoms with Crippen molar-refractivity contribution in [2.24, 2.45) is 0 Å². The highest BCUT2D eigenvalue weighted by molar-refractivity contribution is 5.68. The van der Waals surface area contributed by atoms with Gasteiger partial charge >= 0.3 is 0 Å². The summed E-state index contributed by atoms with van der Waals surface area (Å²) >= 11 is 0. The number of nitrogens with zero attached hydrogens (tertiary/aromatic N) is 5. The van der Waals surface area contributed by atoms with E-state index in [2.05, 4.69) is 25.3 Å². The molecule has 1 aromatic carbocycles. The van der Waals surface area contributed by atoms with Gasteiger partial charge in [0.05, 0.1) is 0 Å². The van der Waals surface area contributed by atoms with Gasteiger partial charge in [0.25, 0.3) is 0 Å². The Labute approximate surface area is 157 Å². The first-order chi connectivity index (χ1) is 13.2. The van der Waals surface area contributed by atoms with Gasteiger partial charge in [0, 0.05) is 52.9 Å². The maximum atomic E-state index is 4.71. The van der Waals surface area contributed by atoms with E-state index in [4.69, 9.17) is 4.98 Å². The molecule has 0 unspecified atom stereocenters. The fourth-order valence-corrected chi connectivity index (χ4v) is 2.71. The number of aryl methyl sites for hydroxylation is 1. The van der Waals surface area contributed by atoms with Crippen LogP contribution in [0.25, 0.3) is 22.5 Å². The molecule has 0 bridgehead atoms. The van der Waals surface area contributed by atoms with E-state index in [-0.39, 0.29) is 0 Å². The Morgan fingerprint density at radius 3 is 2.11 bits per heavy atom. The van der Waals surface area contributed by atoms with Crippen LogP contribution in [0.4, 0.5) is 11.5 Å². The molecule has 4 rings (SSSR count). The van der Waals surface area contributed by atoms with Crippen molar-refractivity contribution < 1.29 is 0 Å². The summed E-state index contributed by atoms with van der Waals surface area (Å²) in [5, 5.41) is 3.40. The smallest absolute Gasteiger partial charge is 0.161 e. The van der Waals surface area contributed by atoms with E-state index < -0.39 is 0 Å². The van der Waals surface area contributed by atoms with Crippen molar-refractivity contribution in [2.75, 3.05) is 5.32 Å². The monoisotopic (exact) mass is 354 g/mol. The lowest BCUT2D eigenvalue weighted by Gasteiger charge is -2.13. The van der Waals surface area contributed by atoms with E-state index in [0.717, 1.165) is 39.5 Å². The molecule has 0 atom stereocenters. The number of anilines is 2. The highest BCUT2D eigenvalue weighted by Crippen LogP contribution is 2.26. The van der Waals surface area contributed by atoms with E-state index in [1.807, 2.05) is 50.2 Å². The van der Waals surface area contributed by atoms with Gasteiger partial charge in [-0.15, -0.1) is 0 Å². The van der Waals surface area contributed by atoms with Gasteiger partial charge in [-0.25, -0.2) is 19.9 Å². The van der Waals surface area contributed by atoms with Crippen LogP contribution in [-0.4, -0.2) is 24.9 Å². The Balaban J connectivity index is 1.63. The zero-order chi connectivity index (χ0) is 18.6. The average Bonchev–Trinajstić information content (AvgIpc) is 2.73. The number of benzene rings is 1. The zero-order valence-electron chi connectivity index (χ0n) is 15.1. The molecule has 0 saturated heterocycles. The Morgan fingerprint density at radius 1 is 0.704 bits per heavy atom. The number of hydrogen-bond donors (Lipinski definition) is 1. The van der Waals surface area contributed by atoms with E-state index >= 15 is 0 Å². The second-order valence-electron chi connectivity index (χ2n) is 6.17. The van der Waals surface area contributed by atoms with E-state index in [1.54, 1.807) is 24.8 Å². The molecule has 0 amide bonds. The molecule has 0 fully saturated rings. The number of nitrogens with one attached hydrogen (secondary N) is 1. The number of pyridine rings is 1. The van der Waals surface area contributed by atoms with Gasteiger partial charge < -0.3 is 5.32 Å². The summed E-state index contributed by atoms with van der Waals surface area (Å²) in [6.45, 7) is 4.01. The Kier molecular flexibility index (Phi) is 4.53. The van der Waals surface area contributed by atoms with Crippen LogP contribution in [0.15, 0.2) is 67.5 Å². The standard InChI is InChI=1S/C21H18N6/c1-14-15(2)25-21(17-7-9-22-10-8-17)27-20(14)26-19-5-3-16(4-6-19)18-11-23-13-24-12-18/h3-13H,1-2H3,(H,25,26,27). The highest BCUT2D eigenvalue weighted by Gasteiger charge is 2.10. The minimum Gasteiger partial charge on any atom is -0.340 e. The van der Waals surface area contributed by atoms with Gasteiger partial charge in [-0.05, 0) is 43.7 Å². The molecule has 6 nitrogen and oxygen atoms in total. The van der Waals surface area contributed by atoms with E-state index in [1.165, 1.54) is 6.33 Å². The first kappa shape index (κ1) is 16.8. The molecule has 0 aliphatic heterocycles. The van der Waals surface area contributed by atoms with Crippen LogP contribution in [0.3, 0.4) is 0 Å². The Hall–Kier alpha value is -3.67. The van der Waals surface area contributed by atoms with Crippen molar-refractivity contribution in [1.82, 2.24) is 24.9 Å². The number of rotatable bonds is 4. The SMILES string of the molecule is Cc1nc(-c2ccncc2)nc(Nc2ccc(-c3cncnc3)cc2)c1C. The predicted octanol–water partition coefficient (Wildman–Crippen LogP) is 4.36. The number of aromatic nitrogens is 5. The van der Waals surface area contributed by atoms with E-state index in [9.17, 15) is 0 Å². The third kappa shape index (κ3) is 3.64. The first-order valence-corrected chi connectivity index (χ1v) is 8.59. The first-order valence-electron chi connectivity index (χ1n) is 8.59. The van der Waals surface area contributed by atoms with Crippen molar-refractivity contribution in [3.8, 4) is 22.5 Å². The zero-order valence-corrected chi connectivity index (χ0v) is 15.1. The lowest BCUT2D eigenvalue weighted by molar-refractivity contribution is 1.07. The molecule has 4 aromatic rings. The van der Waals surface area contributed by atoms with Crippen molar-refractivity contribution in [1.29, 1.82) is 0 Å². The van der Waals surface area contributed by atoms with Gasteiger partial charge in [0.2, 0.25) is 0 Å². The molecule has 0 radical (unpaired) electrons. The largest absolute Gasteiger partial charge is 0.340 e. The van der Waals surface area contributed by atoms with Gasteiger partial charge in [0.1, 0.15) is 12.1 Å². The second-order valence-corrected chi connectivity index (χ2v) is 6.17. The molecule has 6 heteroatoms. The van der Waals surface area contributed by atoms with Gasteiger partial charge in [0.15, 0.2) is 5.82 Å². The summed E-state index contributed by atoms with van der Waals surface area (Å²) < 4.78 is 0. The summed E-state index contributed by atoms with van der Waals surface area (Å²) in [6, 6.07) is 11.9. The molecule has 0 aliphatic rings. The van der Waals surface area contributed by atoms with Gasteiger partial charge in [-0.1, -0.05) is 12.1 Å². The maximum absolute atomic E-state index is 4.71. The molecular formula is C21H18N6. The molecule has 3 heterocycles. The summed E-state index contributed by atoms with van der Waals surface area (Å²) in [5.74, 6) is 1.48. The average molecular weight is 354 g/mol. The molecule has 0 saturated carbocycles. The Morgan fingerprint density at radius 2 is 1.41 bits per heavy atom. The minimum absolute atomic E-state index is 0.682. The van der Waals surface area contributed by atoms with Crippen molar-refractivity contribution in [3.63, 3.8) is 0 Å². The summed E-state index contributed by atoms with van der Waals surface area (Å²) in [5.41, 5.74) is 5.91. The second kappa shape index (κ2) is 7.29. The molecule has 27 heavy (non-hydrogen) atoms. The number of hydrogen-bond acceptors (Lipinski definition) is 6. The molecule has 1 N–H and O–H groups in total. The summed E-state index contributed by atoms with van der Waals surface area (Å²) in [7, 11) is 0. The fraction of sp³-hybridized carbons (Fsp3) is 0.0952.